The van der Waals surface area contributed by atoms with E-state index in [1.54, 1.807) is 6.92 Å². The maximum absolute atomic E-state index is 11.2. The van der Waals surface area contributed by atoms with Crippen molar-refractivity contribution in [1.82, 2.24) is 5.32 Å². The Hall–Kier alpha value is -1.10. The van der Waals surface area contributed by atoms with E-state index >= 15 is 0 Å². The Morgan fingerprint density at radius 1 is 1.54 bits per heavy atom. The maximum Gasteiger partial charge on any atom is 0.326 e. The molecule has 0 aliphatic rings. The third-order valence-electron chi connectivity index (χ3n) is 1.60. The number of carboxylic acid groups (broad SMARTS) is 1. The van der Waals surface area contributed by atoms with Crippen LogP contribution < -0.4 is 11.1 Å². The molecule has 0 bridgehead atoms. The van der Waals surface area contributed by atoms with E-state index < -0.39 is 23.5 Å². The predicted molar refractivity (Wildman–Crippen MR) is 48.1 cm³/mol. The zero-order valence-corrected chi connectivity index (χ0v) is 8.13. The van der Waals surface area contributed by atoms with Crippen LogP contribution in [0.3, 0.4) is 0 Å². The third kappa shape index (κ3) is 3.89. The Kier molecular flexibility index (Phi) is 3.87. The van der Waals surface area contributed by atoms with Crippen molar-refractivity contribution in [2.45, 2.75) is 38.8 Å². The summed E-state index contributed by atoms with van der Waals surface area (Å²) in [6, 6.07) is -0.852. The van der Waals surface area contributed by atoms with E-state index in [2.05, 4.69) is 5.32 Å². The van der Waals surface area contributed by atoms with Gasteiger partial charge in [-0.1, -0.05) is 6.92 Å². The molecule has 0 aromatic rings. The zero-order valence-electron chi connectivity index (χ0n) is 8.13. The SMILES string of the molecule is CC[C@@H](NC(=O)C(C)(C)N)C(=O)O. The van der Waals surface area contributed by atoms with Crippen LogP contribution in [0.4, 0.5) is 0 Å². The molecule has 0 aromatic carbocycles. The highest BCUT2D eigenvalue weighted by Crippen LogP contribution is 1.99. The van der Waals surface area contributed by atoms with Crippen molar-refractivity contribution < 1.29 is 14.7 Å². The zero-order chi connectivity index (χ0) is 10.6. The van der Waals surface area contributed by atoms with E-state index in [0.717, 1.165) is 0 Å². The van der Waals surface area contributed by atoms with Crippen LogP contribution in [0.2, 0.25) is 0 Å². The second-order valence-electron chi connectivity index (χ2n) is 3.49. The minimum Gasteiger partial charge on any atom is -0.480 e. The second kappa shape index (κ2) is 4.23. The van der Waals surface area contributed by atoms with Crippen LogP contribution in [0.1, 0.15) is 27.2 Å². The summed E-state index contributed by atoms with van der Waals surface area (Å²) in [6.07, 6.45) is 0.344. The lowest BCUT2D eigenvalue weighted by Gasteiger charge is -2.20. The Labute approximate surface area is 77.3 Å². The van der Waals surface area contributed by atoms with Crippen LogP contribution in [0, 0.1) is 0 Å². The van der Waals surface area contributed by atoms with Crippen LogP contribution in [0.25, 0.3) is 0 Å². The summed E-state index contributed by atoms with van der Waals surface area (Å²) in [6.45, 7) is 4.73. The topological polar surface area (TPSA) is 92.4 Å². The molecule has 76 valence electrons. The molecule has 0 spiro atoms. The number of hydrogen-bond donors (Lipinski definition) is 3. The number of nitrogens with two attached hydrogens (primary N) is 1. The number of nitrogens with one attached hydrogen (secondary N) is 1. The van der Waals surface area contributed by atoms with Gasteiger partial charge >= 0.3 is 5.97 Å². The van der Waals surface area contributed by atoms with Crippen molar-refractivity contribution in [3.63, 3.8) is 0 Å². The molecule has 0 heterocycles. The highest BCUT2D eigenvalue weighted by molar-refractivity contribution is 5.89. The van der Waals surface area contributed by atoms with Crippen LogP contribution in [-0.2, 0) is 9.59 Å². The molecule has 0 radical (unpaired) electrons. The normalized spacial score (nSPS) is 13.5. The summed E-state index contributed by atoms with van der Waals surface area (Å²) in [5.41, 5.74) is 4.44. The van der Waals surface area contributed by atoms with Crippen LogP contribution in [-0.4, -0.2) is 28.6 Å². The van der Waals surface area contributed by atoms with Gasteiger partial charge in [-0.2, -0.15) is 0 Å². The van der Waals surface area contributed by atoms with E-state index in [-0.39, 0.29) is 0 Å². The van der Waals surface area contributed by atoms with Gasteiger partial charge in [-0.3, -0.25) is 4.79 Å². The van der Waals surface area contributed by atoms with E-state index in [0.29, 0.717) is 6.42 Å². The standard InChI is InChI=1S/C8H16N2O3/c1-4-5(6(11)12)10-7(13)8(2,3)9/h5H,4,9H2,1-3H3,(H,10,13)(H,11,12)/t5-/m1/s1. The summed E-state index contributed by atoms with van der Waals surface area (Å²) in [4.78, 5) is 21.8. The molecule has 1 amide bonds. The van der Waals surface area contributed by atoms with Crippen molar-refractivity contribution in [2.75, 3.05) is 0 Å². The fourth-order valence-corrected chi connectivity index (χ4v) is 0.683. The molecule has 0 aromatic heterocycles. The second-order valence-corrected chi connectivity index (χ2v) is 3.49. The predicted octanol–water partition coefficient (Wildman–Crippen LogP) is -0.297. The number of carbonyl (C=O) groups is 2. The quantitative estimate of drug-likeness (QED) is 0.565. The molecule has 0 saturated heterocycles. The van der Waals surface area contributed by atoms with Crippen molar-refractivity contribution >= 4 is 11.9 Å². The van der Waals surface area contributed by atoms with E-state index in [1.807, 2.05) is 0 Å². The Morgan fingerprint density at radius 3 is 2.23 bits per heavy atom. The Balaban J connectivity index is 4.26. The van der Waals surface area contributed by atoms with Gasteiger partial charge in [0.05, 0.1) is 5.54 Å². The minimum atomic E-state index is -1.04. The van der Waals surface area contributed by atoms with Gasteiger partial charge in [0, 0.05) is 0 Å². The van der Waals surface area contributed by atoms with Gasteiger partial charge < -0.3 is 16.2 Å². The molecule has 0 fully saturated rings. The van der Waals surface area contributed by atoms with Gasteiger partial charge in [-0.05, 0) is 20.3 Å². The van der Waals surface area contributed by atoms with E-state index in [9.17, 15) is 9.59 Å². The van der Waals surface area contributed by atoms with Gasteiger partial charge in [0.25, 0.3) is 0 Å². The lowest BCUT2D eigenvalue weighted by molar-refractivity contribution is -0.142. The van der Waals surface area contributed by atoms with Gasteiger partial charge in [0.2, 0.25) is 5.91 Å². The number of carboxylic acids is 1. The first-order valence-corrected chi connectivity index (χ1v) is 4.11. The lowest BCUT2D eigenvalue weighted by Crippen LogP contribution is -2.53. The first kappa shape index (κ1) is 11.9. The number of hydrogen-bond acceptors (Lipinski definition) is 3. The van der Waals surface area contributed by atoms with E-state index in [1.165, 1.54) is 13.8 Å². The average Bonchev–Trinajstić information content (AvgIpc) is 1.96. The van der Waals surface area contributed by atoms with E-state index in [4.69, 9.17) is 10.8 Å². The smallest absolute Gasteiger partial charge is 0.326 e. The Bertz CT molecular complexity index is 208. The lowest BCUT2D eigenvalue weighted by atomic mass is 10.1. The maximum atomic E-state index is 11.2. The molecule has 5 heteroatoms. The molecule has 0 rings (SSSR count). The van der Waals surface area contributed by atoms with Crippen LogP contribution >= 0.6 is 0 Å². The Morgan fingerprint density at radius 2 is 2.00 bits per heavy atom. The molecule has 13 heavy (non-hydrogen) atoms. The number of amides is 1. The third-order valence-corrected chi connectivity index (χ3v) is 1.60. The summed E-state index contributed by atoms with van der Waals surface area (Å²) in [7, 11) is 0. The van der Waals surface area contributed by atoms with Crippen molar-refractivity contribution in [1.29, 1.82) is 0 Å². The number of rotatable bonds is 4. The molecule has 4 N–H and O–H groups in total. The van der Waals surface area contributed by atoms with Crippen molar-refractivity contribution in [2.24, 2.45) is 5.73 Å². The molecular formula is C8H16N2O3. The van der Waals surface area contributed by atoms with Gasteiger partial charge in [-0.15, -0.1) is 0 Å². The van der Waals surface area contributed by atoms with Crippen molar-refractivity contribution in [3.8, 4) is 0 Å². The molecule has 5 nitrogen and oxygen atoms in total. The fraction of sp³-hybridized carbons (Fsp3) is 0.750. The van der Waals surface area contributed by atoms with Crippen LogP contribution in [0.5, 0.6) is 0 Å². The highest BCUT2D eigenvalue weighted by atomic mass is 16.4. The summed E-state index contributed by atoms with van der Waals surface area (Å²) >= 11 is 0. The van der Waals surface area contributed by atoms with Gasteiger partial charge in [-0.25, -0.2) is 4.79 Å². The number of carbonyl (C=O) groups excluding carboxylic acids is 1. The molecule has 0 aliphatic carbocycles. The van der Waals surface area contributed by atoms with Crippen LogP contribution in [0.15, 0.2) is 0 Å². The highest BCUT2D eigenvalue weighted by Gasteiger charge is 2.26. The van der Waals surface area contributed by atoms with Crippen molar-refractivity contribution in [3.05, 3.63) is 0 Å². The molecular weight excluding hydrogens is 172 g/mol. The summed E-state index contributed by atoms with van der Waals surface area (Å²) in [5, 5.41) is 11.0. The first-order chi connectivity index (χ1) is 5.79. The fourth-order valence-electron chi connectivity index (χ4n) is 0.683. The largest absolute Gasteiger partial charge is 0.480 e. The molecule has 0 unspecified atom stereocenters. The average molecular weight is 188 g/mol. The molecule has 1 atom stereocenters. The monoisotopic (exact) mass is 188 g/mol. The summed E-state index contributed by atoms with van der Waals surface area (Å²) < 4.78 is 0. The number of aliphatic carboxylic acids is 1. The van der Waals surface area contributed by atoms with Gasteiger partial charge in [0.15, 0.2) is 0 Å². The molecule has 0 saturated carbocycles. The summed E-state index contributed by atoms with van der Waals surface area (Å²) in [5.74, 6) is -1.50. The molecule has 0 aliphatic heterocycles. The van der Waals surface area contributed by atoms with Gasteiger partial charge in [0.1, 0.15) is 6.04 Å². The minimum absolute atomic E-state index is 0.344. The first-order valence-electron chi connectivity index (χ1n) is 4.11.